The van der Waals surface area contributed by atoms with Crippen molar-refractivity contribution >= 4 is 17.4 Å². The highest BCUT2D eigenvalue weighted by Gasteiger charge is 2.21. The van der Waals surface area contributed by atoms with Gasteiger partial charge in [-0.1, -0.05) is 5.16 Å². The Balaban J connectivity index is 1.48. The van der Waals surface area contributed by atoms with Crippen molar-refractivity contribution in [2.75, 3.05) is 42.9 Å². The number of carbonyl (C=O) groups is 1. The van der Waals surface area contributed by atoms with Gasteiger partial charge in [-0.15, -0.1) is 0 Å². The number of benzene rings is 1. The van der Waals surface area contributed by atoms with E-state index in [1.54, 1.807) is 25.1 Å². The summed E-state index contributed by atoms with van der Waals surface area (Å²) < 4.78 is 17.9. The summed E-state index contributed by atoms with van der Waals surface area (Å²) in [7, 11) is 0. The molecule has 122 valence electrons. The van der Waals surface area contributed by atoms with Gasteiger partial charge in [0.25, 0.3) is 0 Å². The number of nitrogens with one attached hydrogen (secondary N) is 1. The monoisotopic (exact) mass is 318 g/mol. The molecule has 0 saturated carbocycles. The van der Waals surface area contributed by atoms with E-state index >= 15 is 0 Å². The minimum atomic E-state index is -0.239. The lowest BCUT2D eigenvalue weighted by Gasteiger charge is -2.36. The normalized spacial score (nSPS) is 14.9. The summed E-state index contributed by atoms with van der Waals surface area (Å²) in [4.78, 5) is 16.2. The molecule has 1 aliphatic rings. The van der Waals surface area contributed by atoms with Gasteiger partial charge in [0.2, 0.25) is 5.91 Å². The third-order valence-corrected chi connectivity index (χ3v) is 3.87. The number of rotatable bonds is 4. The predicted molar refractivity (Wildman–Crippen MR) is 84.9 cm³/mol. The summed E-state index contributed by atoms with van der Waals surface area (Å²) in [6.45, 7) is 4.77. The average molecular weight is 318 g/mol. The van der Waals surface area contributed by atoms with E-state index in [1.807, 2.05) is 4.90 Å². The number of piperazine rings is 1. The van der Waals surface area contributed by atoms with Crippen molar-refractivity contribution in [3.05, 3.63) is 41.9 Å². The van der Waals surface area contributed by atoms with Gasteiger partial charge in [0, 0.05) is 37.9 Å². The van der Waals surface area contributed by atoms with Crippen LogP contribution < -0.4 is 10.2 Å². The van der Waals surface area contributed by atoms with Crippen LogP contribution in [-0.2, 0) is 4.79 Å². The molecule has 1 aromatic carbocycles. The Morgan fingerprint density at radius 1 is 1.26 bits per heavy atom. The van der Waals surface area contributed by atoms with E-state index in [1.165, 1.54) is 12.1 Å². The van der Waals surface area contributed by atoms with Crippen LogP contribution in [0.5, 0.6) is 0 Å². The minimum Gasteiger partial charge on any atom is -0.368 e. The minimum absolute atomic E-state index is 0.0319. The third-order valence-electron chi connectivity index (χ3n) is 3.87. The van der Waals surface area contributed by atoms with Gasteiger partial charge >= 0.3 is 0 Å². The lowest BCUT2D eigenvalue weighted by molar-refractivity contribution is -0.129. The number of nitrogens with zero attached hydrogens (tertiary/aromatic N) is 3. The Hall–Kier alpha value is -2.57. The Bertz CT molecular complexity index is 663. The van der Waals surface area contributed by atoms with Gasteiger partial charge < -0.3 is 19.6 Å². The predicted octanol–water partition coefficient (Wildman–Crippen LogP) is 1.88. The summed E-state index contributed by atoms with van der Waals surface area (Å²) in [5.41, 5.74) is 0.981. The molecule has 0 unspecified atom stereocenters. The summed E-state index contributed by atoms with van der Waals surface area (Å²) in [6, 6.07) is 8.19. The van der Waals surface area contributed by atoms with Crippen LogP contribution in [0.3, 0.4) is 0 Å². The molecule has 1 fully saturated rings. The molecule has 7 heteroatoms. The van der Waals surface area contributed by atoms with Crippen LogP contribution in [0.1, 0.15) is 5.76 Å². The lowest BCUT2D eigenvalue weighted by atomic mass is 10.2. The molecule has 0 spiro atoms. The molecule has 0 radical (unpaired) electrons. The zero-order chi connectivity index (χ0) is 16.2. The van der Waals surface area contributed by atoms with E-state index < -0.39 is 0 Å². The standard InChI is InChI=1S/C16H19FN4O2/c1-12-10-15(19-23-12)18-11-16(22)21-8-6-20(7-9-21)14-4-2-13(17)3-5-14/h2-5,10H,6-9,11H2,1H3,(H,18,19). The van der Waals surface area contributed by atoms with Crippen molar-refractivity contribution in [2.45, 2.75) is 6.92 Å². The number of amides is 1. The topological polar surface area (TPSA) is 61.6 Å². The van der Waals surface area contributed by atoms with Crippen LogP contribution in [0.15, 0.2) is 34.9 Å². The second-order valence-corrected chi connectivity index (χ2v) is 5.52. The van der Waals surface area contributed by atoms with E-state index in [0.29, 0.717) is 24.7 Å². The van der Waals surface area contributed by atoms with E-state index in [2.05, 4.69) is 15.4 Å². The molecule has 1 aliphatic heterocycles. The number of carbonyl (C=O) groups excluding carboxylic acids is 1. The highest BCUT2D eigenvalue weighted by Crippen LogP contribution is 2.17. The molecule has 1 N–H and O–H groups in total. The van der Waals surface area contributed by atoms with Gasteiger partial charge in [0.15, 0.2) is 5.82 Å². The van der Waals surface area contributed by atoms with Crippen molar-refractivity contribution in [3.63, 3.8) is 0 Å². The molecular weight excluding hydrogens is 299 g/mol. The summed E-state index contributed by atoms with van der Waals surface area (Å²) >= 11 is 0. The third kappa shape index (κ3) is 3.80. The van der Waals surface area contributed by atoms with Gasteiger partial charge in [0.05, 0.1) is 6.54 Å². The first-order valence-electron chi connectivity index (χ1n) is 7.57. The lowest BCUT2D eigenvalue weighted by Crippen LogP contribution is -2.50. The van der Waals surface area contributed by atoms with Crippen LogP contribution in [0.25, 0.3) is 0 Å². The van der Waals surface area contributed by atoms with Gasteiger partial charge in [-0.2, -0.15) is 0 Å². The zero-order valence-corrected chi connectivity index (χ0v) is 13.0. The quantitative estimate of drug-likeness (QED) is 0.933. The maximum atomic E-state index is 13.0. The molecule has 3 rings (SSSR count). The average Bonchev–Trinajstić information content (AvgIpc) is 2.99. The maximum absolute atomic E-state index is 13.0. The molecule has 23 heavy (non-hydrogen) atoms. The number of halogens is 1. The summed E-state index contributed by atoms with van der Waals surface area (Å²) in [5.74, 6) is 1.06. The van der Waals surface area contributed by atoms with Crippen molar-refractivity contribution in [1.29, 1.82) is 0 Å². The van der Waals surface area contributed by atoms with Crippen molar-refractivity contribution in [2.24, 2.45) is 0 Å². The highest BCUT2D eigenvalue weighted by atomic mass is 19.1. The first-order valence-corrected chi connectivity index (χ1v) is 7.57. The number of hydrogen-bond donors (Lipinski definition) is 1. The first kappa shape index (κ1) is 15.3. The SMILES string of the molecule is Cc1cc(NCC(=O)N2CCN(c3ccc(F)cc3)CC2)no1. The van der Waals surface area contributed by atoms with Crippen LogP contribution >= 0.6 is 0 Å². The Morgan fingerprint density at radius 3 is 2.57 bits per heavy atom. The van der Waals surface area contributed by atoms with Crippen LogP contribution in [0, 0.1) is 12.7 Å². The van der Waals surface area contributed by atoms with E-state index in [0.717, 1.165) is 18.8 Å². The van der Waals surface area contributed by atoms with E-state index in [-0.39, 0.29) is 18.3 Å². The van der Waals surface area contributed by atoms with Gasteiger partial charge in [-0.25, -0.2) is 4.39 Å². The largest absolute Gasteiger partial charge is 0.368 e. The second kappa shape index (κ2) is 6.68. The van der Waals surface area contributed by atoms with E-state index in [4.69, 9.17) is 4.52 Å². The number of aromatic nitrogens is 1. The molecule has 2 heterocycles. The molecule has 1 amide bonds. The molecule has 1 aromatic heterocycles. The Labute approximate surface area is 133 Å². The molecule has 0 atom stereocenters. The van der Waals surface area contributed by atoms with Crippen LogP contribution in [-0.4, -0.2) is 48.7 Å². The highest BCUT2D eigenvalue weighted by molar-refractivity contribution is 5.80. The van der Waals surface area contributed by atoms with Crippen LogP contribution in [0.4, 0.5) is 15.9 Å². The van der Waals surface area contributed by atoms with Crippen molar-refractivity contribution in [1.82, 2.24) is 10.1 Å². The molecular formula is C16H19FN4O2. The second-order valence-electron chi connectivity index (χ2n) is 5.52. The zero-order valence-electron chi connectivity index (χ0n) is 13.0. The van der Waals surface area contributed by atoms with Crippen molar-refractivity contribution < 1.29 is 13.7 Å². The Morgan fingerprint density at radius 2 is 1.96 bits per heavy atom. The molecule has 2 aromatic rings. The number of hydrogen-bond acceptors (Lipinski definition) is 5. The van der Waals surface area contributed by atoms with E-state index in [9.17, 15) is 9.18 Å². The number of aryl methyl sites for hydroxylation is 1. The summed E-state index contributed by atoms with van der Waals surface area (Å²) in [5, 5.41) is 6.76. The summed E-state index contributed by atoms with van der Waals surface area (Å²) in [6.07, 6.45) is 0. The van der Waals surface area contributed by atoms with Crippen molar-refractivity contribution in [3.8, 4) is 0 Å². The Kier molecular flexibility index (Phi) is 4.45. The smallest absolute Gasteiger partial charge is 0.242 e. The van der Waals surface area contributed by atoms with Crippen LogP contribution in [0.2, 0.25) is 0 Å². The van der Waals surface area contributed by atoms with Gasteiger partial charge in [-0.05, 0) is 31.2 Å². The fourth-order valence-corrected chi connectivity index (χ4v) is 2.59. The van der Waals surface area contributed by atoms with Gasteiger partial charge in [-0.3, -0.25) is 4.79 Å². The molecule has 0 bridgehead atoms. The maximum Gasteiger partial charge on any atom is 0.242 e. The molecule has 0 aliphatic carbocycles. The first-order chi connectivity index (χ1) is 11.1. The van der Waals surface area contributed by atoms with Gasteiger partial charge in [0.1, 0.15) is 11.6 Å². The fraction of sp³-hybridized carbons (Fsp3) is 0.375. The fourth-order valence-electron chi connectivity index (χ4n) is 2.59. The molecule has 6 nitrogen and oxygen atoms in total. The molecule has 1 saturated heterocycles. The number of anilines is 2.